The van der Waals surface area contributed by atoms with Crippen molar-refractivity contribution in [2.75, 3.05) is 23.3 Å². The molecule has 0 unspecified atom stereocenters. The van der Waals surface area contributed by atoms with Crippen LogP contribution >= 0.6 is 27.3 Å². The summed E-state index contributed by atoms with van der Waals surface area (Å²) in [4.78, 5) is 8.20. The monoisotopic (exact) mass is 337 g/mol. The molecular weight excluding hydrogens is 322 g/mol. The van der Waals surface area contributed by atoms with Gasteiger partial charge in [-0.1, -0.05) is 0 Å². The number of halogens is 1. The minimum atomic E-state index is 0.848. The van der Waals surface area contributed by atoms with Crippen LogP contribution in [0.4, 0.5) is 11.5 Å². The predicted molar refractivity (Wildman–Crippen MR) is 85.0 cm³/mol. The second-order valence-corrected chi connectivity index (χ2v) is 6.60. The van der Waals surface area contributed by atoms with E-state index in [0.717, 1.165) is 35.6 Å². The number of hydrogen-bond donors (Lipinski definition) is 1. The summed E-state index contributed by atoms with van der Waals surface area (Å²) in [6.07, 6.45) is 4.50. The summed E-state index contributed by atoms with van der Waals surface area (Å²) in [7, 11) is 0. The first-order valence-corrected chi connectivity index (χ1v) is 8.16. The number of nitrogens with one attached hydrogen (secondary N) is 1. The van der Waals surface area contributed by atoms with Gasteiger partial charge < -0.3 is 10.2 Å². The smallest absolute Gasteiger partial charge is 0.128 e. The average molecular weight is 338 g/mol. The van der Waals surface area contributed by atoms with Crippen molar-refractivity contribution in [3.8, 4) is 0 Å². The number of pyridine rings is 1. The molecule has 100 valence electrons. The Hall–Kier alpha value is -1.07. The highest BCUT2D eigenvalue weighted by Gasteiger charge is 2.12. The lowest BCUT2D eigenvalue weighted by molar-refractivity contribution is 0.937. The van der Waals surface area contributed by atoms with Crippen LogP contribution in [0.3, 0.4) is 0 Å². The maximum Gasteiger partial charge on any atom is 0.128 e. The fourth-order valence-electron chi connectivity index (χ4n) is 2.26. The second-order valence-electron chi connectivity index (χ2n) is 4.68. The zero-order chi connectivity index (χ0) is 13.1. The fraction of sp³-hybridized carbons (Fsp3) is 0.357. The van der Waals surface area contributed by atoms with E-state index in [1.165, 1.54) is 17.7 Å². The van der Waals surface area contributed by atoms with Gasteiger partial charge >= 0.3 is 0 Å². The number of rotatable bonds is 4. The van der Waals surface area contributed by atoms with Crippen LogP contribution in [0.25, 0.3) is 0 Å². The van der Waals surface area contributed by atoms with Crippen molar-refractivity contribution in [1.82, 2.24) is 4.98 Å². The lowest BCUT2D eigenvalue weighted by Gasteiger charge is -2.16. The number of nitrogens with zero attached hydrogens (tertiary/aromatic N) is 2. The molecule has 1 saturated heterocycles. The van der Waals surface area contributed by atoms with E-state index in [9.17, 15) is 0 Å². The molecule has 3 heterocycles. The van der Waals surface area contributed by atoms with Crippen molar-refractivity contribution in [2.24, 2.45) is 0 Å². The third-order valence-electron chi connectivity index (χ3n) is 3.27. The normalized spacial score (nSPS) is 14.9. The standard InChI is InChI=1S/C14H16BrN3S/c15-11-7-13(19-10-11)9-16-12-3-4-14(17-8-12)18-5-1-2-6-18/h3-4,7-8,10,16H,1-2,5-6,9H2. The van der Waals surface area contributed by atoms with Crippen LogP contribution in [0.2, 0.25) is 0 Å². The highest BCUT2D eigenvalue weighted by atomic mass is 79.9. The van der Waals surface area contributed by atoms with Gasteiger partial charge in [-0.15, -0.1) is 11.3 Å². The zero-order valence-electron chi connectivity index (χ0n) is 10.6. The SMILES string of the molecule is Brc1csc(CNc2ccc(N3CCCC3)nc2)c1. The molecule has 1 N–H and O–H groups in total. The molecule has 0 aromatic carbocycles. The Balaban J connectivity index is 1.59. The van der Waals surface area contributed by atoms with Crippen LogP contribution in [0, 0.1) is 0 Å². The lowest BCUT2D eigenvalue weighted by Crippen LogP contribution is -2.18. The summed E-state index contributed by atoms with van der Waals surface area (Å²) in [5.41, 5.74) is 1.08. The van der Waals surface area contributed by atoms with Gasteiger partial charge in [0.05, 0.1) is 11.9 Å². The number of thiophene rings is 1. The molecule has 0 bridgehead atoms. The Kier molecular flexibility index (Phi) is 4.03. The van der Waals surface area contributed by atoms with E-state index in [0.29, 0.717) is 0 Å². The Morgan fingerprint density at radius 1 is 1.32 bits per heavy atom. The third-order valence-corrected chi connectivity index (χ3v) is 4.96. The van der Waals surface area contributed by atoms with Gasteiger partial charge in [0.15, 0.2) is 0 Å². The van der Waals surface area contributed by atoms with Crippen LogP contribution in [0.1, 0.15) is 17.7 Å². The minimum Gasteiger partial charge on any atom is -0.379 e. The molecule has 19 heavy (non-hydrogen) atoms. The summed E-state index contributed by atoms with van der Waals surface area (Å²) >= 11 is 5.22. The van der Waals surface area contributed by atoms with Gasteiger partial charge in [-0.05, 0) is 47.0 Å². The van der Waals surface area contributed by atoms with Crippen LogP contribution in [-0.2, 0) is 6.54 Å². The van der Waals surface area contributed by atoms with E-state index in [1.54, 1.807) is 11.3 Å². The molecular formula is C14H16BrN3S. The molecule has 1 aliphatic rings. The van der Waals surface area contributed by atoms with Gasteiger partial charge in [0.1, 0.15) is 5.82 Å². The molecule has 2 aromatic heterocycles. The van der Waals surface area contributed by atoms with Crippen LogP contribution < -0.4 is 10.2 Å². The van der Waals surface area contributed by atoms with Crippen molar-refractivity contribution >= 4 is 38.8 Å². The van der Waals surface area contributed by atoms with Gasteiger partial charge in [0.2, 0.25) is 0 Å². The van der Waals surface area contributed by atoms with Crippen molar-refractivity contribution in [1.29, 1.82) is 0 Å². The molecule has 0 aliphatic carbocycles. The number of hydrogen-bond acceptors (Lipinski definition) is 4. The van der Waals surface area contributed by atoms with E-state index >= 15 is 0 Å². The van der Waals surface area contributed by atoms with Crippen molar-refractivity contribution in [3.63, 3.8) is 0 Å². The molecule has 3 rings (SSSR count). The van der Waals surface area contributed by atoms with Crippen LogP contribution in [0.15, 0.2) is 34.2 Å². The van der Waals surface area contributed by atoms with E-state index < -0.39 is 0 Å². The van der Waals surface area contributed by atoms with Crippen molar-refractivity contribution in [3.05, 3.63) is 39.1 Å². The zero-order valence-corrected chi connectivity index (χ0v) is 13.0. The Bertz CT molecular complexity index is 532. The second kappa shape index (κ2) is 5.92. The molecule has 1 aliphatic heterocycles. The minimum absolute atomic E-state index is 0.848. The first kappa shape index (κ1) is 12.9. The first-order valence-electron chi connectivity index (χ1n) is 6.49. The number of anilines is 2. The summed E-state index contributed by atoms with van der Waals surface area (Å²) in [5, 5.41) is 5.50. The van der Waals surface area contributed by atoms with Gasteiger partial charge in [0, 0.05) is 34.4 Å². The van der Waals surface area contributed by atoms with Gasteiger partial charge in [-0.3, -0.25) is 0 Å². The van der Waals surface area contributed by atoms with E-state index in [1.807, 2.05) is 6.20 Å². The molecule has 0 amide bonds. The largest absolute Gasteiger partial charge is 0.379 e. The van der Waals surface area contributed by atoms with Crippen molar-refractivity contribution in [2.45, 2.75) is 19.4 Å². The topological polar surface area (TPSA) is 28.2 Å². The maximum absolute atomic E-state index is 4.54. The van der Waals surface area contributed by atoms with Gasteiger partial charge in [0.25, 0.3) is 0 Å². The summed E-state index contributed by atoms with van der Waals surface area (Å²) in [6, 6.07) is 6.37. The van der Waals surface area contributed by atoms with E-state index in [4.69, 9.17) is 0 Å². The van der Waals surface area contributed by atoms with Crippen molar-refractivity contribution < 1.29 is 0 Å². The number of aromatic nitrogens is 1. The summed E-state index contributed by atoms with van der Waals surface area (Å²) in [6.45, 7) is 3.13. The highest BCUT2D eigenvalue weighted by Crippen LogP contribution is 2.22. The molecule has 3 nitrogen and oxygen atoms in total. The lowest BCUT2D eigenvalue weighted by atomic mass is 10.3. The molecule has 0 saturated carbocycles. The first-order chi connectivity index (χ1) is 9.31. The average Bonchev–Trinajstić information content (AvgIpc) is 3.08. The predicted octanol–water partition coefficient (Wildman–Crippen LogP) is 4.12. The Labute approximate surface area is 125 Å². The highest BCUT2D eigenvalue weighted by molar-refractivity contribution is 9.10. The third kappa shape index (κ3) is 3.28. The van der Waals surface area contributed by atoms with Gasteiger partial charge in [-0.25, -0.2) is 4.98 Å². The summed E-state index contributed by atoms with van der Waals surface area (Å²) in [5.74, 6) is 1.10. The van der Waals surface area contributed by atoms with Gasteiger partial charge in [-0.2, -0.15) is 0 Å². The molecule has 1 fully saturated rings. The van der Waals surface area contributed by atoms with Crippen LogP contribution in [-0.4, -0.2) is 18.1 Å². The maximum atomic E-state index is 4.54. The van der Waals surface area contributed by atoms with Crippen LogP contribution in [0.5, 0.6) is 0 Å². The van der Waals surface area contributed by atoms with E-state index in [-0.39, 0.29) is 0 Å². The molecule has 0 radical (unpaired) electrons. The van der Waals surface area contributed by atoms with E-state index in [2.05, 4.69) is 54.7 Å². The fourth-order valence-corrected chi connectivity index (χ4v) is 3.65. The molecule has 0 spiro atoms. The summed E-state index contributed by atoms with van der Waals surface area (Å²) < 4.78 is 1.15. The molecule has 5 heteroatoms. The molecule has 2 aromatic rings. The molecule has 0 atom stereocenters. The Morgan fingerprint density at radius 3 is 2.79 bits per heavy atom. The quantitative estimate of drug-likeness (QED) is 0.909. The Morgan fingerprint density at radius 2 is 2.16 bits per heavy atom.